The zero-order valence-electron chi connectivity index (χ0n) is 14.1. The van der Waals surface area contributed by atoms with Gasteiger partial charge in [0.2, 0.25) is 0 Å². The summed E-state index contributed by atoms with van der Waals surface area (Å²) in [4.78, 5) is 12.1. The summed E-state index contributed by atoms with van der Waals surface area (Å²) in [5.74, 6) is 1.06. The molecule has 0 unspecified atom stereocenters. The zero-order chi connectivity index (χ0) is 18.4. The van der Waals surface area contributed by atoms with E-state index < -0.39 is 15.7 Å². The SMILES string of the molecule is COc1cc(OC)cc(OCC(=O)Nc2cccc(S(C)(=O)=O)c2)c1. The van der Waals surface area contributed by atoms with E-state index in [9.17, 15) is 13.2 Å². The fraction of sp³-hybridized carbons (Fsp3) is 0.235. The van der Waals surface area contributed by atoms with Crippen molar-refractivity contribution in [1.29, 1.82) is 0 Å². The summed E-state index contributed by atoms with van der Waals surface area (Å²) in [6, 6.07) is 10.9. The molecule has 0 spiro atoms. The molecule has 0 radical (unpaired) electrons. The predicted molar refractivity (Wildman–Crippen MR) is 93.2 cm³/mol. The van der Waals surface area contributed by atoms with Crippen molar-refractivity contribution < 1.29 is 27.4 Å². The molecule has 0 aliphatic carbocycles. The van der Waals surface area contributed by atoms with Gasteiger partial charge in [-0.2, -0.15) is 0 Å². The van der Waals surface area contributed by atoms with E-state index >= 15 is 0 Å². The fourth-order valence-corrected chi connectivity index (χ4v) is 2.68. The van der Waals surface area contributed by atoms with Crippen molar-refractivity contribution in [2.24, 2.45) is 0 Å². The normalized spacial score (nSPS) is 10.8. The lowest BCUT2D eigenvalue weighted by molar-refractivity contribution is -0.118. The lowest BCUT2D eigenvalue weighted by Gasteiger charge is -2.11. The van der Waals surface area contributed by atoms with E-state index in [1.54, 1.807) is 30.3 Å². The van der Waals surface area contributed by atoms with E-state index in [0.29, 0.717) is 22.9 Å². The van der Waals surface area contributed by atoms with Crippen LogP contribution >= 0.6 is 0 Å². The summed E-state index contributed by atoms with van der Waals surface area (Å²) in [6.07, 6.45) is 1.10. The van der Waals surface area contributed by atoms with Gasteiger partial charge in [0.05, 0.1) is 19.1 Å². The van der Waals surface area contributed by atoms with Gasteiger partial charge < -0.3 is 19.5 Å². The Morgan fingerprint density at radius 2 is 1.60 bits per heavy atom. The van der Waals surface area contributed by atoms with Crippen LogP contribution in [0.4, 0.5) is 5.69 Å². The Labute approximate surface area is 146 Å². The van der Waals surface area contributed by atoms with Crippen LogP contribution in [-0.4, -0.2) is 41.4 Å². The highest BCUT2D eigenvalue weighted by molar-refractivity contribution is 7.90. The molecule has 0 aliphatic heterocycles. The van der Waals surface area contributed by atoms with Gasteiger partial charge in [-0.25, -0.2) is 8.42 Å². The Morgan fingerprint density at radius 3 is 2.16 bits per heavy atom. The molecule has 0 bridgehead atoms. The van der Waals surface area contributed by atoms with Gasteiger partial charge in [0.25, 0.3) is 5.91 Å². The maximum Gasteiger partial charge on any atom is 0.262 e. The number of carbonyl (C=O) groups excluding carboxylic acids is 1. The summed E-state index contributed by atoms with van der Waals surface area (Å²) in [5, 5.41) is 2.59. The third-order valence-electron chi connectivity index (χ3n) is 3.24. The minimum Gasteiger partial charge on any atom is -0.496 e. The number of benzene rings is 2. The number of hydrogen-bond donors (Lipinski definition) is 1. The highest BCUT2D eigenvalue weighted by atomic mass is 32.2. The number of amides is 1. The molecule has 1 N–H and O–H groups in total. The summed E-state index contributed by atoms with van der Waals surface area (Å²) >= 11 is 0. The van der Waals surface area contributed by atoms with Gasteiger partial charge in [0, 0.05) is 30.1 Å². The van der Waals surface area contributed by atoms with Crippen molar-refractivity contribution in [1.82, 2.24) is 0 Å². The van der Waals surface area contributed by atoms with Crippen molar-refractivity contribution in [2.75, 3.05) is 32.4 Å². The molecule has 0 aromatic heterocycles. The van der Waals surface area contributed by atoms with Crippen LogP contribution in [0.1, 0.15) is 0 Å². The van der Waals surface area contributed by atoms with Crippen LogP contribution in [0.5, 0.6) is 17.2 Å². The fourth-order valence-electron chi connectivity index (χ4n) is 2.02. The Morgan fingerprint density at radius 1 is 1.00 bits per heavy atom. The number of ether oxygens (including phenoxy) is 3. The Kier molecular flexibility index (Phi) is 5.87. The molecule has 2 rings (SSSR count). The molecule has 2 aromatic rings. The third-order valence-corrected chi connectivity index (χ3v) is 4.35. The first kappa shape index (κ1) is 18.6. The monoisotopic (exact) mass is 365 g/mol. The maximum absolute atomic E-state index is 12.0. The van der Waals surface area contributed by atoms with Crippen LogP contribution in [0.25, 0.3) is 0 Å². The summed E-state index contributed by atoms with van der Waals surface area (Å²) in [6.45, 7) is -0.251. The van der Waals surface area contributed by atoms with E-state index in [4.69, 9.17) is 14.2 Å². The Balaban J connectivity index is 2.02. The first-order valence-corrected chi connectivity index (χ1v) is 9.17. The predicted octanol–water partition coefficient (Wildman–Crippen LogP) is 2.12. The van der Waals surface area contributed by atoms with Crippen molar-refractivity contribution in [3.05, 3.63) is 42.5 Å². The topological polar surface area (TPSA) is 90.9 Å². The Bertz CT molecular complexity index is 841. The van der Waals surface area contributed by atoms with Crippen molar-refractivity contribution in [3.63, 3.8) is 0 Å². The van der Waals surface area contributed by atoms with Gasteiger partial charge in [-0.15, -0.1) is 0 Å². The molecule has 0 saturated heterocycles. The Hall–Kier alpha value is -2.74. The lowest BCUT2D eigenvalue weighted by atomic mass is 10.3. The molecule has 25 heavy (non-hydrogen) atoms. The highest BCUT2D eigenvalue weighted by Crippen LogP contribution is 2.27. The number of rotatable bonds is 7. The van der Waals surface area contributed by atoms with Crippen LogP contribution in [0.3, 0.4) is 0 Å². The van der Waals surface area contributed by atoms with E-state index in [0.717, 1.165) is 6.26 Å². The standard InChI is InChI=1S/C17H19NO6S/c1-22-13-8-14(23-2)10-15(9-13)24-11-17(19)18-12-5-4-6-16(7-12)25(3,20)21/h4-10H,11H2,1-3H3,(H,18,19). The molecule has 0 aliphatic rings. The quantitative estimate of drug-likeness (QED) is 0.808. The summed E-state index contributed by atoms with van der Waals surface area (Å²) in [5.41, 5.74) is 0.375. The van der Waals surface area contributed by atoms with Crippen LogP contribution in [0, 0.1) is 0 Å². The van der Waals surface area contributed by atoms with E-state index in [2.05, 4.69) is 5.32 Å². The zero-order valence-corrected chi connectivity index (χ0v) is 14.9. The number of anilines is 1. The second-order valence-electron chi connectivity index (χ2n) is 5.19. The number of sulfone groups is 1. The van der Waals surface area contributed by atoms with Crippen molar-refractivity contribution in [3.8, 4) is 17.2 Å². The molecular formula is C17H19NO6S. The van der Waals surface area contributed by atoms with Gasteiger partial charge in [-0.3, -0.25) is 4.79 Å². The molecule has 0 fully saturated rings. The van der Waals surface area contributed by atoms with Crippen molar-refractivity contribution in [2.45, 2.75) is 4.90 Å². The van der Waals surface area contributed by atoms with Gasteiger partial charge >= 0.3 is 0 Å². The van der Waals surface area contributed by atoms with Gasteiger partial charge in [0.1, 0.15) is 17.2 Å². The number of carbonyl (C=O) groups is 1. The largest absolute Gasteiger partial charge is 0.496 e. The van der Waals surface area contributed by atoms with E-state index in [1.165, 1.54) is 26.4 Å². The second-order valence-corrected chi connectivity index (χ2v) is 7.20. The maximum atomic E-state index is 12.0. The second kappa shape index (κ2) is 7.89. The number of methoxy groups -OCH3 is 2. The highest BCUT2D eigenvalue weighted by Gasteiger charge is 2.10. The first-order valence-electron chi connectivity index (χ1n) is 7.27. The molecule has 0 atom stereocenters. The minimum absolute atomic E-state index is 0.128. The molecular weight excluding hydrogens is 346 g/mol. The minimum atomic E-state index is -3.34. The smallest absolute Gasteiger partial charge is 0.262 e. The number of nitrogens with one attached hydrogen (secondary N) is 1. The molecule has 0 saturated carbocycles. The van der Waals surface area contributed by atoms with Gasteiger partial charge in [-0.1, -0.05) is 6.07 Å². The average Bonchev–Trinajstić information content (AvgIpc) is 2.59. The molecule has 134 valence electrons. The van der Waals surface area contributed by atoms with E-state index in [-0.39, 0.29) is 11.5 Å². The van der Waals surface area contributed by atoms with Crippen LogP contribution in [0.15, 0.2) is 47.4 Å². The lowest BCUT2D eigenvalue weighted by Crippen LogP contribution is -2.20. The van der Waals surface area contributed by atoms with Gasteiger partial charge in [-0.05, 0) is 18.2 Å². The van der Waals surface area contributed by atoms with Crippen molar-refractivity contribution >= 4 is 21.4 Å². The van der Waals surface area contributed by atoms with E-state index in [1.807, 2.05) is 0 Å². The van der Waals surface area contributed by atoms with Crippen LogP contribution in [0.2, 0.25) is 0 Å². The average molecular weight is 365 g/mol. The molecule has 1 amide bonds. The first-order chi connectivity index (χ1) is 11.8. The molecule has 8 heteroatoms. The van der Waals surface area contributed by atoms with Crippen LogP contribution < -0.4 is 19.5 Å². The summed E-state index contributed by atoms with van der Waals surface area (Å²) in [7, 11) is -0.314. The molecule has 0 heterocycles. The third kappa shape index (κ3) is 5.39. The van der Waals surface area contributed by atoms with Gasteiger partial charge in [0.15, 0.2) is 16.4 Å². The van der Waals surface area contributed by atoms with Crippen LogP contribution in [-0.2, 0) is 14.6 Å². The molecule has 2 aromatic carbocycles. The molecule has 7 nitrogen and oxygen atoms in total. The number of hydrogen-bond acceptors (Lipinski definition) is 6. The summed E-state index contributed by atoms with van der Waals surface area (Å²) < 4.78 is 38.8.